The number of nitrogens with zero attached hydrogens (tertiary/aromatic N) is 5. The number of ether oxygens (including phenoxy) is 1. The van der Waals surface area contributed by atoms with Crippen molar-refractivity contribution in [1.82, 2.24) is 25.1 Å². The summed E-state index contributed by atoms with van der Waals surface area (Å²) >= 11 is 5.93. The zero-order valence-electron chi connectivity index (χ0n) is 30.7. The van der Waals surface area contributed by atoms with Gasteiger partial charge in [-0.3, -0.25) is 14.6 Å². The van der Waals surface area contributed by atoms with Gasteiger partial charge in [-0.15, -0.1) is 0 Å². The molecule has 2 aliphatic heterocycles. The van der Waals surface area contributed by atoms with E-state index in [-0.39, 0.29) is 12.0 Å². The zero-order chi connectivity index (χ0) is 34.5. The molecule has 9 heteroatoms. The van der Waals surface area contributed by atoms with Gasteiger partial charge in [-0.05, 0) is 85.5 Å². The molecular formula is C39H61ClN6O2. The molecule has 2 saturated carbocycles. The Morgan fingerprint density at radius 3 is 1.94 bits per heavy atom. The van der Waals surface area contributed by atoms with Crippen LogP contribution in [0.5, 0.6) is 5.75 Å². The molecule has 2 saturated heterocycles. The summed E-state index contributed by atoms with van der Waals surface area (Å²) < 4.78 is 5.99. The van der Waals surface area contributed by atoms with Crippen molar-refractivity contribution in [3.8, 4) is 5.75 Å². The van der Waals surface area contributed by atoms with E-state index in [4.69, 9.17) is 16.3 Å². The first-order valence-corrected chi connectivity index (χ1v) is 19.0. The second-order valence-corrected chi connectivity index (χ2v) is 16.5. The van der Waals surface area contributed by atoms with Crippen molar-refractivity contribution in [2.75, 3.05) is 51.2 Å². The van der Waals surface area contributed by atoms with Crippen LogP contribution in [0.1, 0.15) is 103 Å². The van der Waals surface area contributed by atoms with E-state index in [1.54, 1.807) is 25.5 Å². The summed E-state index contributed by atoms with van der Waals surface area (Å²) in [4.78, 5) is 27.8. The van der Waals surface area contributed by atoms with Crippen molar-refractivity contribution in [2.24, 2.45) is 22.7 Å². The number of amides is 1. The van der Waals surface area contributed by atoms with Gasteiger partial charge in [0.05, 0.1) is 11.2 Å². The average molecular weight is 681 g/mol. The van der Waals surface area contributed by atoms with Gasteiger partial charge in [0, 0.05) is 64.6 Å². The normalized spacial score (nSPS) is 25.7. The van der Waals surface area contributed by atoms with Gasteiger partial charge >= 0.3 is 0 Å². The van der Waals surface area contributed by atoms with Crippen LogP contribution in [0.25, 0.3) is 0 Å². The van der Waals surface area contributed by atoms with Gasteiger partial charge < -0.3 is 15.0 Å². The fourth-order valence-electron chi connectivity index (χ4n) is 8.19. The van der Waals surface area contributed by atoms with Gasteiger partial charge in [-0.1, -0.05) is 66.0 Å². The van der Waals surface area contributed by atoms with Crippen LogP contribution >= 0.6 is 11.6 Å². The quantitative estimate of drug-likeness (QED) is 0.278. The van der Waals surface area contributed by atoms with Crippen molar-refractivity contribution in [3.63, 3.8) is 0 Å². The topological polar surface area (TPSA) is 73.8 Å². The molecule has 6 rings (SSSR count). The first kappa shape index (κ1) is 36.9. The average Bonchev–Trinajstić information content (AvgIpc) is 3.79. The molecule has 0 aromatic carbocycles. The summed E-state index contributed by atoms with van der Waals surface area (Å²) in [6.45, 7) is 20.9. The molecule has 48 heavy (non-hydrogen) atoms. The predicted octanol–water partition coefficient (Wildman–Crippen LogP) is 7.57. The van der Waals surface area contributed by atoms with E-state index in [1.165, 1.54) is 51.4 Å². The number of nitrogens with one attached hydrogen (secondary N) is 1. The summed E-state index contributed by atoms with van der Waals surface area (Å²) in [5.41, 5.74) is 1.39. The number of anilines is 1. The molecule has 0 spiro atoms. The number of likely N-dealkylation sites (tertiary alicyclic amines) is 1. The number of hydrogen-bond donors (Lipinski definition) is 1. The number of carbonyl (C=O) groups is 1. The number of halogens is 1. The molecule has 0 radical (unpaired) electrons. The third-order valence-corrected chi connectivity index (χ3v) is 12.8. The Kier molecular flexibility index (Phi) is 12.3. The van der Waals surface area contributed by atoms with Gasteiger partial charge in [0.2, 0.25) is 0 Å². The van der Waals surface area contributed by atoms with E-state index in [0.29, 0.717) is 21.5 Å². The lowest BCUT2D eigenvalue weighted by atomic mass is 9.75. The summed E-state index contributed by atoms with van der Waals surface area (Å²) in [5.74, 6) is 3.38. The fourth-order valence-corrected chi connectivity index (χ4v) is 8.31. The molecule has 1 amide bonds. The maximum absolute atomic E-state index is 11.5. The molecular weight excluding hydrogens is 620 g/mol. The van der Waals surface area contributed by atoms with Crippen LogP contribution in [-0.4, -0.2) is 90.2 Å². The second kappa shape index (κ2) is 16.1. The number of hydrogen-bond acceptors (Lipinski definition) is 7. The Bertz CT molecular complexity index is 1300. The Labute approximate surface area is 295 Å². The fraction of sp³-hybridized carbons (Fsp3) is 0.718. The predicted molar refractivity (Wildman–Crippen MR) is 197 cm³/mol. The van der Waals surface area contributed by atoms with Gasteiger partial charge in [-0.25, -0.2) is 9.97 Å². The largest absolute Gasteiger partial charge is 0.486 e. The second-order valence-electron chi connectivity index (χ2n) is 16.0. The molecule has 4 unspecified atom stereocenters. The van der Waals surface area contributed by atoms with E-state index >= 15 is 0 Å². The van der Waals surface area contributed by atoms with Gasteiger partial charge in [0.1, 0.15) is 23.4 Å². The smallest absolute Gasteiger partial charge is 0.269 e. The van der Waals surface area contributed by atoms with Crippen molar-refractivity contribution in [2.45, 2.75) is 111 Å². The van der Waals surface area contributed by atoms with Crippen LogP contribution in [0, 0.1) is 22.7 Å². The third kappa shape index (κ3) is 9.02. The van der Waals surface area contributed by atoms with Crippen molar-refractivity contribution in [1.29, 1.82) is 0 Å². The first-order chi connectivity index (χ1) is 22.9. The molecule has 4 aliphatic rings. The highest BCUT2D eigenvalue weighted by molar-refractivity contribution is 6.30. The maximum Gasteiger partial charge on any atom is 0.269 e. The molecule has 4 atom stereocenters. The number of carbonyl (C=O) groups excluding carboxylic acids is 1. The molecule has 266 valence electrons. The Morgan fingerprint density at radius 1 is 0.833 bits per heavy atom. The van der Waals surface area contributed by atoms with E-state index in [0.717, 1.165) is 74.8 Å². The molecule has 1 N–H and O–H groups in total. The lowest BCUT2D eigenvalue weighted by molar-refractivity contribution is -0.0102. The van der Waals surface area contributed by atoms with Gasteiger partial charge in [-0.2, -0.15) is 0 Å². The van der Waals surface area contributed by atoms with Crippen molar-refractivity contribution in [3.05, 3.63) is 47.4 Å². The molecule has 8 nitrogen and oxygen atoms in total. The Morgan fingerprint density at radius 2 is 1.44 bits per heavy atom. The number of rotatable bonds is 10. The van der Waals surface area contributed by atoms with Crippen LogP contribution in [0.4, 0.5) is 5.82 Å². The monoisotopic (exact) mass is 680 g/mol. The van der Waals surface area contributed by atoms with Crippen LogP contribution in [0.2, 0.25) is 5.02 Å². The standard InChI is InChI=1S/C20H31N3O2.C19H30ClN3/c1-5-20(2,3)14-6-7-15(10-14)23-12-17(13-23)25-16-8-9-18(22-11-16)19(24)21-4;1-4-19(2,3)15-5-7-17(13-15)22-9-11-23(12-10-22)18-8-6-16(20)14-21-18/h8-9,11,14-15,17H,5-7,10,12-13H2,1-4H3,(H,21,24);6,8,14-15,17H,4-5,7,9-13H2,1-3H3. The number of pyridine rings is 2. The van der Waals surface area contributed by atoms with Crippen molar-refractivity contribution >= 4 is 23.3 Å². The summed E-state index contributed by atoms with van der Waals surface area (Å²) in [6.07, 6.45) is 14.4. The zero-order valence-corrected chi connectivity index (χ0v) is 31.4. The molecule has 0 bridgehead atoms. The highest BCUT2D eigenvalue weighted by Crippen LogP contribution is 2.45. The lowest BCUT2D eigenvalue weighted by Gasteiger charge is -2.43. The van der Waals surface area contributed by atoms with Gasteiger partial charge in [0.15, 0.2) is 0 Å². The molecule has 4 heterocycles. The van der Waals surface area contributed by atoms with Crippen LogP contribution in [-0.2, 0) is 0 Å². The minimum Gasteiger partial charge on any atom is -0.486 e. The van der Waals surface area contributed by atoms with Crippen molar-refractivity contribution < 1.29 is 9.53 Å². The highest BCUT2D eigenvalue weighted by atomic mass is 35.5. The van der Waals surface area contributed by atoms with E-state index in [1.807, 2.05) is 18.2 Å². The lowest BCUT2D eigenvalue weighted by Crippen LogP contribution is -2.57. The van der Waals surface area contributed by atoms with Crippen LogP contribution < -0.4 is 15.0 Å². The number of aromatic nitrogens is 2. The Balaban J connectivity index is 0.000000188. The molecule has 2 aromatic heterocycles. The van der Waals surface area contributed by atoms with E-state index in [2.05, 4.69) is 71.5 Å². The Hall–Kier alpha value is -2.42. The molecule has 4 fully saturated rings. The SMILES string of the molecule is CCC(C)(C)C1CCC(N2CC(Oc3ccc(C(=O)NC)nc3)C2)C1.CCC(C)(C)C1CCC(N2CCN(c3ccc(Cl)cn3)CC2)C1. The van der Waals surface area contributed by atoms with Crippen LogP contribution in [0.3, 0.4) is 0 Å². The number of piperazine rings is 1. The minimum atomic E-state index is -0.174. The first-order valence-electron chi connectivity index (χ1n) is 18.6. The third-order valence-electron chi connectivity index (χ3n) is 12.6. The van der Waals surface area contributed by atoms with E-state index < -0.39 is 0 Å². The summed E-state index contributed by atoms with van der Waals surface area (Å²) in [5, 5.41) is 3.28. The molecule has 2 aromatic rings. The van der Waals surface area contributed by atoms with Crippen LogP contribution in [0.15, 0.2) is 36.7 Å². The molecule has 2 aliphatic carbocycles. The maximum atomic E-state index is 11.5. The highest BCUT2D eigenvalue weighted by Gasteiger charge is 2.41. The summed E-state index contributed by atoms with van der Waals surface area (Å²) in [7, 11) is 1.60. The summed E-state index contributed by atoms with van der Waals surface area (Å²) in [6, 6.07) is 9.03. The van der Waals surface area contributed by atoms with E-state index in [9.17, 15) is 4.79 Å². The van der Waals surface area contributed by atoms with Gasteiger partial charge in [0.25, 0.3) is 5.91 Å². The minimum absolute atomic E-state index is 0.174.